The molecule has 2 nitrogen and oxygen atoms in total. The lowest BCUT2D eigenvalue weighted by Crippen LogP contribution is -2.46. The summed E-state index contributed by atoms with van der Waals surface area (Å²) < 4.78 is 0. The van der Waals surface area contributed by atoms with E-state index in [4.69, 9.17) is 5.73 Å². The van der Waals surface area contributed by atoms with Crippen molar-refractivity contribution < 1.29 is 0 Å². The maximum atomic E-state index is 5.95. The molecule has 1 aliphatic heterocycles. The summed E-state index contributed by atoms with van der Waals surface area (Å²) >= 11 is 0. The second-order valence-electron chi connectivity index (χ2n) is 7.24. The van der Waals surface area contributed by atoms with Crippen molar-refractivity contribution in [1.29, 1.82) is 0 Å². The summed E-state index contributed by atoms with van der Waals surface area (Å²) in [7, 11) is 0. The Balaban J connectivity index is 1.80. The fourth-order valence-corrected chi connectivity index (χ4v) is 4.38. The molecule has 2 heteroatoms. The van der Waals surface area contributed by atoms with E-state index in [-0.39, 0.29) is 6.04 Å². The van der Waals surface area contributed by atoms with E-state index in [1.54, 1.807) is 0 Å². The van der Waals surface area contributed by atoms with Gasteiger partial charge in [-0.25, -0.2) is 0 Å². The number of nitrogens with two attached hydrogens (primary N) is 1. The third-order valence-electron chi connectivity index (χ3n) is 5.44. The summed E-state index contributed by atoms with van der Waals surface area (Å²) in [6, 6.07) is 8.08. The molecule has 21 heavy (non-hydrogen) atoms. The molecule has 1 saturated heterocycles. The van der Waals surface area contributed by atoms with E-state index in [0.717, 1.165) is 18.4 Å². The van der Waals surface area contributed by atoms with E-state index >= 15 is 0 Å². The number of anilines is 1. The van der Waals surface area contributed by atoms with Crippen LogP contribution in [0.3, 0.4) is 0 Å². The Morgan fingerprint density at radius 1 is 1.19 bits per heavy atom. The largest absolute Gasteiger partial charge is 0.368 e. The van der Waals surface area contributed by atoms with Gasteiger partial charge in [-0.3, -0.25) is 0 Å². The highest BCUT2D eigenvalue weighted by Gasteiger charge is 2.33. The first kappa shape index (κ1) is 14.9. The van der Waals surface area contributed by atoms with Crippen LogP contribution in [0.1, 0.15) is 56.6 Å². The molecule has 2 aliphatic rings. The normalized spacial score (nSPS) is 27.3. The summed E-state index contributed by atoms with van der Waals surface area (Å²) in [6.07, 6.45) is 9.50. The van der Waals surface area contributed by atoms with Crippen LogP contribution in [0, 0.1) is 12.8 Å². The van der Waals surface area contributed by atoms with Gasteiger partial charge in [0, 0.05) is 24.3 Å². The molecule has 3 unspecified atom stereocenters. The van der Waals surface area contributed by atoms with E-state index in [1.807, 2.05) is 0 Å². The van der Waals surface area contributed by atoms with Gasteiger partial charge in [-0.1, -0.05) is 18.9 Å². The molecule has 116 valence electrons. The highest BCUT2D eigenvalue weighted by Crippen LogP contribution is 2.38. The minimum absolute atomic E-state index is 0.243. The second-order valence-corrected chi connectivity index (χ2v) is 7.24. The van der Waals surface area contributed by atoms with Gasteiger partial charge >= 0.3 is 0 Å². The Bertz CT molecular complexity index is 478. The predicted octanol–water partition coefficient (Wildman–Crippen LogP) is 4.04. The SMILES string of the molecule is Cc1cc(N2CCCC3CCCCC32)ccc1CC(C)N. The number of fused-ring (bicyclic) bond motifs is 1. The highest BCUT2D eigenvalue weighted by atomic mass is 15.2. The quantitative estimate of drug-likeness (QED) is 0.908. The fourth-order valence-electron chi connectivity index (χ4n) is 4.38. The molecule has 0 aromatic heterocycles. The van der Waals surface area contributed by atoms with Crippen LogP contribution in [0.25, 0.3) is 0 Å². The van der Waals surface area contributed by atoms with Crippen molar-refractivity contribution in [1.82, 2.24) is 0 Å². The Morgan fingerprint density at radius 2 is 1.95 bits per heavy atom. The summed E-state index contributed by atoms with van der Waals surface area (Å²) in [5, 5.41) is 0. The highest BCUT2D eigenvalue weighted by molar-refractivity contribution is 5.52. The van der Waals surface area contributed by atoms with Gasteiger partial charge in [0.25, 0.3) is 0 Å². The number of hydrogen-bond donors (Lipinski definition) is 1. The van der Waals surface area contributed by atoms with Gasteiger partial charge in [0.15, 0.2) is 0 Å². The molecular formula is C19H30N2. The van der Waals surface area contributed by atoms with Crippen molar-refractivity contribution in [2.24, 2.45) is 11.7 Å². The lowest BCUT2D eigenvalue weighted by Gasteiger charge is -2.45. The molecule has 0 spiro atoms. The number of benzene rings is 1. The van der Waals surface area contributed by atoms with Crippen LogP contribution >= 0.6 is 0 Å². The average Bonchev–Trinajstić information content (AvgIpc) is 2.48. The van der Waals surface area contributed by atoms with Crippen LogP contribution in [0.2, 0.25) is 0 Å². The lowest BCUT2D eigenvalue weighted by atomic mass is 9.78. The summed E-state index contributed by atoms with van der Waals surface area (Å²) in [6.45, 7) is 5.57. The summed E-state index contributed by atoms with van der Waals surface area (Å²) in [4.78, 5) is 2.70. The Labute approximate surface area is 129 Å². The Hall–Kier alpha value is -1.02. The van der Waals surface area contributed by atoms with E-state index in [0.29, 0.717) is 0 Å². The zero-order valence-electron chi connectivity index (χ0n) is 13.6. The zero-order chi connectivity index (χ0) is 14.8. The van der Waals surface area contributed by atoms with Crippen LogP contribution in [0.4, 0.5) is 5.69 Å². The van der Waals surface area contributed by atoms with Crippen molar-refractivity contribution in [2.75, 3.05) is 11.4 Å². The van der Waals surface area contributed by atoms with Crippen molar-refractivity contribution in [3.05, 3.63) is 29.3 Å². The summed E-state index contributed by atoms with van der Waals surface area (Å²) in [5.41, 5.74) is 10.2. The topological polar surface area (TPSA) is 29.3 Å². The molecule has 3 rings (SSSR count). The minimum atomic E-state index is 0.243. The monoisotopic (exact) mass is 286 g/mol. The molecule has 0 bridgehead atoms. The minimum Gasteiger partial charge on any atom is -0.368 e. The lowest BCUT2D eigenvalue weighted by molar-refractivity contribution is 0.244. The van der Waals surface area contributed by atoms with Gasteiger partial charge in [-0.15, -0.1) is 0 Å². The number of rotatable bonds is 3. The number of aryl methyl sites for hydroxylation is 1. The van der Waals surface area contributed by atoms with Crippen LogP contribution in [-0.2, 0) is 6.42 Å². The first-order valence-corrected chi connectivity index (χ1v) is 8.77. The van der Waals surface area contributed by atoms with E-state index in [9.17, 15) is 0 Å². The zero-order valence-corrected chi connectivity index (χ0v) is 13.6. The van der Waals surface area contributed by atoms with Crippen molar-refractivity contribution in [3.63, 3.8) is 0 Å². The van der Waals surface area contributed by atoms with Crippen molar-refractivity contribution in [2.45, 2.75) is 70.9 Å². The molecule has 1 heterocycles. The van der Waals surface area contributed by atoms with Gasteiger partial charge < -0.3 is 10.6 Å². The van der Waals surface area contributed by atoms with E-state index < -0.39 is 0 Å². The molecule has 1 aromatic carbocycles. The average molecular weight is 286 g/mol. The molecule has 1 saturated carbocycles. The molecule has 1 aromatic rings. The Morgan fingerprint density at radius 3 is 2.71 bits per heavy atom. The third kappa shape index (κ3) is 3.26. The van der Waals surface area contributed by atoms with Crippen molar-refractivity contribution in [3.8, 4) is 0 Å². The van der Waals surface area contributed by atoms with E-state index in [2.05, 4.69) is 36.9 Å². The van der Waals surface area contributed by atoms with Crippen LogP contribution in [-0.4, -0.2) is 18.6 Å². The molecule has 0 amide bonds. The molecule has 2 N–H and O–H groups in total. The van der Waals surface area contributed by atoms with E-state index in [1.165, 1.54) is 61.9 Å². The number of nitrogens with zero attached hydrogens (tertiary/aromatic N) is 1. The maximum absolute atomic E-state index is 5.95. The first-order chi connectivity index (χ1) is 10.1. The van der Waals surface area contributed by atoms with Gasteiger partial charge in [0.05, 0.1) is 0 Å². The molecule has 3 atom stereocenters. The van der Waals surface area contributed by atoms with Gasteiger partial charge in [0.2, 0.25) is 0 Å². The second kappa shape index (κ2) is 6.39. The molecule has 0 radical (unpaired) electrons. The molecule has 2 fully saturated rings. The summed E-state index contributed by atoms with van der Waals surface area (Å²) in [5.74, 6) is 0.941. The third-order valence-corrected chi connectivity index (χ3v) is 5.44. The number of hydrogen-bond acceptors (Lipinski definition) is 2. The predicted molar refractivity (Wildman–Crippen MR) is 90.9 cm³/mol. The Kier molecular flexibility index (Phi) is 4.54. The van der Waals surface area contributed by atoms with Crippen LogP contribution < -0.4 is 10.6 Å². The standard InChI is InChI=1S/C19H30N2/c1-14-12-18(10-9-17(14)13-15(2)20)21-11-5-7-16-6-3-4-8-19(16)21/h9-10,12,15-16,19H,3-8,11,13,20H2,1-2H3. The smallest absolute Gasteiger partial charge is 0.0371 e. The number of piperidine rings is 1. The molecule has 1 aliphatic carbocycles. The first-order valence-electron chi connectivity index (χ1n) is 8.77. The van der Waals surface area contributed by atoms with Gasteiger partial charge in [-0.2, -0.15) is 0 Å². The van der Waals surface area contributed by atoms with Gasteiger partial charge in [-0.05, 0) is 75.1 Å². The van der Waals surface area contributed by atoms with Gasteiger partial charge in [0.1, 0.15) is 0 Å². The van der Waals surface area contributed by atoms with Crippen LogP contribution in [0.15, 0.2) is 18.2 Å². The van der Waals surface area contributed by atoms with Crippen LogP contribution in [0.5, 0.6) is 0 Å². The van der Waals surface area contributed by atoms with Crippen molar-refractivity contribution >= 4 is 5.69 Å². The molecular weight excluding hydrogens is 256 g/mol. The maximum Gasteiger partial charge on any atom is 0.0371 e. The fraction of sp³-hybridized carbons (Fsp3) is 0.684.